The SMILES string of the molecule is C[C@H](/C=C/[C@@H]1[C@H]2CC(=O)O[C@H]2C[C@H]1C)CCc1ccccc1.C[C@H](/C=C/[C@@H]1[C@H]2CC(O)O[C@H]2C[C@H]1C)CCc1ccccc1. The fourth-order valence-corrected chi connectivity index (χ4v) is 8.08. The van der Waals surface area contributed by atoms with Crippen LogP contribution in [0.1, 0.15) is 77.3 Å². The van der Waals surface area contributed by atoms with E-state index in [1.807, 2.05) is 0 Å². The van der Waals surface area contributed by atoms with Crippen LogP contribution in [-0.4, -0.2) is 29.6 Å². The molecular formula is C40H54O4. The van der Waals surface area contributed by atoms with Crippen molar-refractivity contribution in [3.8, 4) is 0 Å². The maximum Gasteiger partial charge on any atom is 0.306 e. The Balaban J connectivity index is 0.000000175. The summed E-state index contributed by atoms with van der Waals surface area (Å²) < 4.78 is 11.0. The number of hydrogen-bond donors (Lipinski definition) is 1. The molecule has 6 rings (SSSR count). The molecule has 2 saturated carbocycles. The molecule has 1 unspecified atom stereocenters. The number of carbonyl (C=O) groups excluding carboxylic acids is 1. The molecule has 1 N–H and O–H groups in total. The summed E-state index contributed by atoms with van der Waals surface area (Å²) in [5.41, 5.74) is 2.83. The molecule has 11 atom stereocenters. The summed E-state index contributed by atoms with van der Waals surface area (Å²) >= 11 is 0. The van der Waals surface area contributed by atoms with E-state index >= 15 is 0 Å². The van der Waals surface area contributed by atoms with Gasteiger partial charge >= 0.3 is 5.97 Å². The second-order valence-corrected chi connectivity index (χ2v) is 14.3. The Hall–Kier alpha value is -2.69. The summed E-state index contributed by atoms with van der Waals surface area (Å²) in [5.74, 6) is 4.47. The van der Waals surface area contributed by atoms with Gasteiger partial charge < -0.3 is 14.6 Å². The second-order valence-electron chi connectivity index (χ2n) is 14.3. The highest BCUT2D eigenvalue weighted by Crippen LogP contribution is 2.47. The van der Waals surface area contributed by atoms with Crippen molar-refractivity contribution in [1.82, 2.24) is 0 Å². The second kappa shape index (κ2) is 15.5. The van der Waals surface area contributed by atoms with Gasteiger partial charge in [0, 0.05) is 12.3 Å². The molecule has 4 heteroatoms. The van der Waals surface area contributed by atoms with E-state index in [4.69, 9.17) is 9.47 Å². The minimum atomic E-state index is -0.533. The van der Waals surface area contributed by atoms with E-state index in [2.05, 4.69) is 113 Å². The molecule has 2 heterocycles. The highest BCUT2D eigenvalue weighted by atomic mass is 16.6. The topological polar surface area (TPSA) is 55.8 Å². The molecule has 4 fully saturated rings. The van der Waals surface area contributed by atoms with E-state index in [-0.39, 0.29) is 18.2 Å². The standard InChI is InChI=1S/C20H28O2.C20H26O2/c2*1-14(8-10-16-6-4-3-5-7-16)9-11-17-15(2)12-19-18(17)13-20(21)22-19/h3-7,9,11,14-15,17-21H,8,10,12-13H2,1-2H3;3-7,9,11,14-15,17-19H,8,10,12-13H2,1-2H3/b2*11-9+/t14-,15+,17-,18+,19-,20?;14-,15+,17-,18+,19-/m00/s1. The average molecular weight is 599 g/mol. The lowest BCUT2D eigenvalue weighted by atomic mass is 9.87. The van der Waals surface area contributed by atoms with Crippen LogP contribution in [0.4, 0.5) is 0 Å². The van der Waals surface area contributed by atoms with E-state index in [0.717, 1.165) is 32.1 Å². The first-order valence-electron chi connectivity index (χ1n) is 17.2. The first-order chi connectivity index (χ1) is 21.3. The number of esters is 1. The number of allylic oxidation sites excluding steroid dienone is 4. The van der Waals surface area contributed by atoms with Crippen LogP contribution in [0.3, 0.4) is 0 Å². The summed E-state index contributed by atoms with van der Waals surface area (Å²) in [6.45, 7) is 9.19. The lowest BCUT2D eigenvalue weighted by Gasteiger charge is -2.17. The van der Waals surface area contributed by atoms with E-state index in [0.29, 0.717) is 53.8 Å². The molecule has 2 aliphatic heterocycles. The van der Waals surface area contributed by atoms with E-state index in [1.165, 1.54) is 24.0 Å². The number of aliphatic hydroxyl groups excluding tert-OH is 1. The zero-order valence-electron chi connectivity index (χ0n) is 27.3. The van der Waals surface area contributed by atoms with E-state index < -0.39 is 6.29 Å². The van der Waals surface area contributed by atoms with Gasteiger partial charge in [-0.2, -0.15) is 0 Å². The van der Waals surface area contributed by atoms with E-state index in [1.54, 1.807) is 0 Å². The number of fused-ring (bicyclic) bond motifs is 2. The largest absolute Gasteiger partial charge is 0.462 e. The minimum Gasteiger partial charge on any atom is -0.462 e. The molecule has 0 aromatic heterocycles. The van der Waals surface area contributed by atoms with Gasteiger partial charge in [0.25, 0.3) is 0 Å². The molecule has 238 valence electrons. The molecule has 0 bridgehead atoms. The molecule has 0 amide bonds. The van der Waals surface area contributed by atoms with Gasteiger partial charge in [0.1, 0.15) is 6.10 Å². The smallest absolute Gasteiger partial charge is 0.306 e. The Morgan fingerprint density at radius 3 is 1.80 bits per heavy atom. The Kier molecular flexibility index (Phi) is 11.5. The van der Waals surface area contributed by atoms with Crippen LogP contribution in [0.2, 0.25) is 0 Å². The summed E-state index contributed by atoms with van der Waals surface area (Å²) in [6.07, 6.45) is 17.6. The van der Waals surface area contributed by atoms with Crippen LogP contribution in [0.25, 0.3) is 0 Å². The molecule has 4 aliphatic rings. The van der Waals surface area contributed by atoms with Gasteiger partial charge in [-0.3, -0.25) is 4.79 Å². The molecule has 2 aliphatic carbocycles. The Labute approximate surface area is 265 Å². The lowest BCUT2D eigenvalue weighted by Crippen LogP contribution is -2.14. The molecule has 2 aromatic carbocycles. The first kappa shape index (κ1) is 32.7. The van der Waals surface area contributed by atoms with Crippen LogP contribution in [-0.2, 0) is 27.1 Å². The van der Waals surface area contributed by atoms with Gasteiger partial charge in [-0.1, -0.05) is 113 Å². The van der Waals surface area contributed by atoms with Crippen LogP contribution < -0.4 is 0 Å². The van der Waals surface area contributed by atoms with Gasteiger partial charge in [0.2, 0.25) is 0 Å². The van der Waals surface area contributed by atoms with Crippen molar-refractivity contribution in [2.24, 2.45) is 47.3 Å². The Morgan fingerprint density at radius 1 is 0.750 bits per heavy atom. The predicted octanol–water partition coefficient (Wildman–Crippen LogP) is 8.59. The number of carbonyl (C=O) groups is 1. The number of ether oxygens (including phenoxy) is 2. The van der Waals surface area contributed by atoms with Crippen LogP contribution in [0, 0.1) is 47.3 Å². The molecular weight excluding hydrogens is 544 g/mol. The van der Waals surface area contributed by atoms with Gasteiger partial charge in [0.05, 0.1) is 12.5 Å². The summed E-state index contributed by atoms with van der Waals surface area (Å²) in [5, 5.41) is 9.68. The fraction of sp³-hybridized carbons (Fsp3) is 0.575. The zero-order chi connectivity index (χ0) is 31.1. The first-order valence-corrected chi connectivity index (χ1v) is 17.2. The number of rotatable bonds is 10. The van der Waals surface area contributed by atoms with Crippen molar-refractivity contribution >= 4 is 5.97 Å². The molecule has 0 spiro atoms. The van der Waals surface area contributed by atoms with Crippen molar-refractivity contribution in [3.63, 3.8) is 0 Å². The zero-order valence-corrected chi connectivity index (χ0v) is 27.3. The number of aliphatic hydroxyl groups is 1. The highest BCUT2D eigenvalue weighted by Gasteiger charge is 2.47. The Morgan fingerprint density at radius 2 is 1.25 bits per heavy atom. The van der Waals surface area contributed by atoms with Crippen molar-refractivity contribution < 1.29 is 19.4 Å². The van der Waals surface area contributed by atoms with Crippen LogP contribution in [0.15, 0.2) is 85.0 Å². The molecule has 44 heavy (non-hydrogen) atoms. The molecule has 2 aromatic rings. The third-order valence-corrected chi connectivity index (χ3v) is 10.7. The average Bonchev–Trinajstić information content (AvgIpc) is 3.72. The lowest BCUT2D eigenvalue weighted by molar-refractivity contribution is -0.141. The minimum absolute atomic E-state index is 0.00238. The number of benzene rings is 2. The highest BCUT2D eigenvalue weighted by molar-refractivity contribution is 5.72. The van der Waals surface area contributed by atoms with Crippen LogP contribution in [0.5, 0.6) is 0 Å². The summed E-state index contributed by atoms with van der Waals surface area (Å²) in [7, 11) is 0. The predicted molar refractivity (Wildman–Crippen MR) is 178 cm³/mol. The number of hydrogen-bond acceptors (Lipinski definition) is 4. The fourth-order valence-electron chi connectivity index (χ4n) is 8.08. The van der Waals surface area contributed by atoms with Crippen molar-refractivity contribution in [2.45, 2.75) is 97.6 Å². The Bertz CT molecular complexity index is 1220. The third kappa shape index (κ3) is 8.73. The molecule has 4 nitrogen and oxygen atoms in total. The van der Waals surface area contributed by atoms with Gasteiger partial charge in [-0.15, -0.1) is 0 Å². The summed E-state index contributed by atoms with van der Waals surface area (Å²) in [6, 6.07) is 21.4. The maximum absolute atomic E-state index is 11.5. The quantitative estimate of drug-likeness (QED) is 0.220. The number of aryl methyl sites for hydroxylation is 2. The van der Waals surface area contributed by atoms with Crippen molar-refractivity contribution in [2.75, 3.05) is 0 Å². The van der Waals surface area contributed by atoms with Crippen molar-refractivity contribution in [1.29, 1.82) is 0 Å². The van der Waals surface area contributed by atoms with E-state index in [9.17, 15) is 9.90 Å². The van der Waals surface area contributed by atoms with Gasteiger partial charge in [-0.05, 0) is 91.1 Å². The molecule has 2 saturated heterocycles. The van der Waals surface area contributed by atoms with Gasteiger partial charge in [-0.25, -0.2) is 0 Å². The van der Waals surface area contributed by atoms with Gasteiger partial charge in [0.15, 0.2) is 6.29 Å². The third-order valence-electron chi connectivity index (χ3n) is 10.7. The maximum atomic E-state index is 11.5. The normalized spacial score (nSPS) is 34.0. The van der Waals surface area contributed by atoms with Crippen molar-refractivity contribution in [3.05, 3.63) is 96.1 Å². The van der Waals surface area contributed by atoms with Crippen LogP contribution >= 0.6 is 0 Å². The monoisotopic (exact) mass is 598 g/mol. The summed E-state index contributed by atoms with van der Waals surface area (Å²) in [4.78, 5) is 11.5. The molecule has 0 radical (unpaired) electrons.